The normalized spacial score (nSPS) is 11.6. The first-order valence-electron chi connectivity index (χ1n) is 4.59. The molecule has 1 aromatic rings. The number of rotatable bonds is 4. The Morgan fingerprint density at radius 3 is 2.69 bits per heavy atom. The lowest BCUT2D eigenvalue weighted by atomic mass is 10.2. The van der Waals surface area contributed by atoms with Gasteiger partial charge in [0, 0.05) is 22.5 Å². The van der Waals surface area contributed by atoms with Crippen LogP contribution in [0.1, 0.15) is 5.56 Å². The van der Waals surface area contributed by atoms with Crippen LogP contribution >= 0.6 is 27.7 Å². The minimum absolute atomic E-state index is 0.00385. The molecule has 90 valence electrons. The number of alkyl halides is 3. The third kappa shape index (κ3) is 5.12. The largest absolute Gasteiger partial charge is 0.441 e. The zero-order chi connectivity index (χ0) is 12.2. The van der Waals surface area contributed by atoms with E-state index in [1.165, 1.54) is 0 Å². The van der Waals surface area contributed by atoms with E-state index in [4.69, 9.17) is 0 Å². The summed E-state index contributed by atoms with van der Waals surface area (Å²) >= 11 is 3.32. The molecule has 0 fully saturated rings. The number of hydrogen-bond donors (Lipinski definition) is 1. The van der Waals surface area contributed by atoms with E-state index in [-0.39, 0.29) is 24.1 Å². The third-order valence-corrected chi connectivity index (χ3v) is 3.23. The standard InChI is InChI=1S/C10H11BrF3NS/c1-7-2-3-8(11)9(6-7)15-4-5-16-10(12,13)14/h2-3,6,15H,4-5H2,1H3. The lowest BCUT2D eigenvalue weighted by molar-refractivity contribution is -0.0327. The van der Waals surface area contributed by atoms with Gasteiger partial charge >= 0.3 is 5.51 Å². The highest BCUT2D eigenvalue weighted by Gasteiger charge is 2.27. The van der Waals surface area contributed by atoms with Crippen LogP contribution in [0.2, 0.25) is 0 Å². The van der Waals surface area contributed by atoms with E-state index in [0.717, 1.165) is 15.7 Å². The van der Waals surface area contributed by atoms with Gasteiger partial charge in [-0.3, -0.25) is 0 Å². The molecule has 0 aliphatic carbocycles. The molecule has 1 aromatic carbocycles. The summed E-state index contributed by atoms with van der Waals surface area (Å²) in [6, 6.07) is 5.69. The van der Waals surface area contributed by atoms with Crippen molar-refractivity contribution in [3.63, 3.8) is 0 Å². The fraction of sp³-hybridized carbons (Fsp3) is 0.400. The molecule has 0 radical (unpaired) electrons. The molecular weight excluding hydrogens is 303 g/mol. The predicted octanol–water partition coefficient (Wildman–Crippen LogP) is 4.42. The maximum Gasteiger partial charge on any atom is 0.441 e. The number of thioether (sulfide) groups is 1. The van der Waals surface area contributed by atoms with Gasteiger partial charge < -0.3 is 5.32 Å². The topological polar surface area (TPSA) is 12.0 Å². The first kappa shape index (κ1) is 13.7. The Labute approximate surface area is 105 Å². The number of hydrogen-bond acceptors (Lipinski definition) is 2. The lowest BCUT2D eigenvalue weighted by Gasteiger charge is -2.10. The second-order valence-electron chi connectivity index (χ2n) is 3.20. The number of halogens is 4. The van der Waals surface area contributed by atoms with E-state index < -0.39 is 5.51 Å². The highest BCUT2D eigenvalue weighted by molar-refractivity contribution is 9.10. The van der Waals surface area contributed by atoms with Crippen LogP contribution in [0.15, 0.2) is 22.7 Å². The molecule has 0 aliphatic rings. The van der Waals surface area contributed by atoms with Gasteiger partial charge in [0.2, 0.25) is 0 Å². The van der Waals surface area contributed by atoms with E-state index in [0.29, 0.717) is 0 Å². The highest BCUT2D eigenvalue weighted by atomic mass is 79.9. The van der Waals surface area contributed by atoms with Crippen molar-refractivity contribution in [2.24, 2.45) is 0 Å². The predicted molar refractivity (Wildman–Crippen MR) is 65.9 cm³/mol. The molecule has 0 amide bonds. The Hall–Kier alpha value is -0.360. The minimum Gasteiger partial charge on any atom is -0.383 e. The van der Waals surface area contributed by atoms with Gasteiger partial charge in [0.05, 0.1) is 0 Å². The van der Waals surface area contributed by atoms with Crippen LogP contribution in [-0.2, 0) is 0 Å². The van der Waals surface area contributed by atoms with Crippen molar-refractivity contribution < 1.29 is 13.2 Å². The Morgan fingerprint density at radius 1 is 1.38 bits per heavy atom. The molecule has 6 heteroatoms. The van der Waals surface area contributed by atoms with Crippen molar-refractivity contribution in [1.29, 1.82) is 0 Å². The molecule has 0 unspecified atom stereocenters. The molecular formula is C10H11BrF3NS. The van der Waals surface area contributed by atoms with Crippen molar-refractivity contribution in [2.45, 2.75) is 12.4 Å². The molecule has 0 saturated carbocycles. The van der Waals surface area contributed by atoms with Gasteiger partial charge in [0.15, 0.2) is 0 Å². The molecule has 0 spiro atoms. The van der Waals surface area contributed by atoms with E-state index in [1.54, 1.807) is 0 Å². The summed E-state index contributed by atoms with van der Waals surface area (Å²) in [5.74, 6) is 0.00385. The zero-order valence-electron chi connectivity index (χ0n) is 8.57. The van der Waals surface area contributed by atoms with Crippen LogP contribution in [0.4, 0.5) is 18.9 Å². The van der Waals surface area contributed by atoms with Gasteiger partial charge in [0.1, 0.15) is 0 Å². The number of nitrogens with one attached hydrogen (secondary N) is 1. The van der Waals surface area contributed by atoms with Gasteiger partial charge in [-0.15, -0.1) is 0 Å². The van der Waals surface area contributed by atoms with Crippen LogP contribution < -0.4 is 5.32 Å². The molecule has 0 bridgehead atoms. The second kappa shape index (κ2) is 5.82. The number of benzene rings is 1. The summed E-state index contributed by atoms with van der Waals surface area (Å²) in [6.07, 6.45) is 0. The maximum absolute atomic E-state index is 11.9. The minimum atomic E-state index is -4.15. The van der Waals surface area contributed by atoms with Crippen LogP contribution in [-0.4, -0.2) is 17.8 Å². The Balaban J connectivity index is 2.40. The van der Waals surface area contributed by atoms with Crippen molar-refractivity contribution in [2.75, 3.05) is 17.6 Å². The van der Waals surface area contributed by atoms with Gasteiger partial charge in [-0.05, 0) is 52.3 Å². The molecule has 0 atom stereocenters. The summed E-state index contributed by atoms with van der Waals surface area (Å²) in [4.78, 5) is 0. The van der Waals surface area contributed by atoms with Crippen molar-refractivity contribution >= 4 is 33.4 Å². The summed E-state index contributed by atoms with van der Waals surface area (Å²) < 4.78 is 36.4. The van der Waals surface area contributed by atoms with E-state index in [1.807, 2.05) is 25.1 Å². The van der Waals surface area contributed by atoms with Crippen molar-refractivity contribution in [3.8, 4) is 0 Å². The fourth-order valence-corrected chi connectivity index (χ4v) is 1.95. The molecule has 0 saturated heterocycles. The van der Waals surface area contributed by atoms with E-state index in [2.05, 4.69) is 21.2 Å². The Bertz CT molecular complexity index is 354. The summed E-state index contributed by atoms with van der Waals surface area (Å²) in [5, 5.41) is 2.96. The zero-order valence-corrected chi connectivity index (χ0v) is 11.0. The average Bonchev–Trinajstić information content (AvgIpc) is 2.16. The first-order chi connectivity index (χ1) is 7.38. The highest BCUT2D eigenvalue weighted by Crippen LogP contribution is 2.30. The molecule has 0 aliphatic heterocycles. The van der Waals surface area contributed by atoms with E-state index in [9.17, 15) is 13.2 Å². The van der Waals surface area contributed by atoms with Gasteiger partial charge in [-0.1, -0.05) is 6.07 Å². The van der Waals surface area contributed by atoms with Crippen LogP contribution in [0.3, 0.4) is 0 Å². The molecule has 16 heavy (non-hydrogen) atoms. The summed E-state index contributed by atoms with van der Waals surface area (Å²) in [6.45, 7) is 2.22. The monoisotopic (exact) mass is 313 g/mol. The SMILES string of the molecule is Cc1ccc(Br)c(NCCSC(F)(F)F)c1. The molecule has 1 rings (SSSR count). The van der Waals surface area contributed by atoms with Crippen LogP contribution in [0.25, 0.3) is 0 Å². The lowest BCUT2D eigenvalue weighted by Crippen LogP contribution is -2.09. The third-order valence-electron chi connectivity index (χ3n) is 1.81. The number of anilines is 1. The van der Waals surface area contributed by atoms with Gasteiger partial charge in [-0.2, -0.15) is 13.2 Å². The van der Waals surface area contributed by atoms with Crippen molar-refractivity contribution in [1.82, 2.24) is 0 Å². The average molecular weight is 314 g/mol. The molecule has 1 N–H and O–H groups in total. The molecule has 0 heterocycles. The van der Waals surface area contributed by atoms with E-state index >= 15 is 0 Å². The summed E-state index contributed by atoms with van der Waals surface area (Å²) in [7, 11) is 0. The maximum atomic E-state index is 11.9. The summed E-state index contributed by atoms with van der Waals surface area (Å²) in [5.41, 5.74) is -2.26. The quantitative estimate of drug-likeness (QED) is 0.826. The Kier molecular flexibility index (Phi) is 4.98. The van der Waals surface area contributed by atoms with Crippen molar-refractivity contribution in [3.05, 3.63) is 28.2 Å². The van der Waals surface area contributed by atoms with Crippen LogP contribution in [0, 0.1) is 6.92 Å². The fourth-order valence-electron chi connectivity index (χ4n) is 1.13. The smallest absolute Gasteiger partial charge is 0.383 e. The number of aryl methyl sites for hydroxylation is 1. The molecule has 0 aromatic heterocycles. The Morgan fingerprint density at radius 2 is 2.06 bits per heavy atom. The molecule has 1 nitrogen and oxygen atoms in total. The first-order valence-corrected chi connectivity index (χ1v) is 6.37. The van der Waals surface area contributed by atoms with Gasteiger partial charge in [0.25, 0.3) is 0 Å². The second-order valence-corrected chi connectivity index (χ2v) is 5.22. The van der Waals surface area contributed by atoms with Gasteiger partial charge in [-0.25, -0.2) is 0 Å². The van der Waals surface area contributed by atoms with Crippen LogP contribution in [0.5, 0.6) is 0 Å².